The van der Waals surface area contributed by atoms with Crippen molar-refractivity contribution >= 4 is 17.6 Å². The molecule has 0 amide bonds. The molecule has 0 spiro atoms. The van der Waals surface area contributed by atoms with E-state index in [1.807, 2.05) is 24.3 Å². The third-order valence-electron chi connectivity index (χ3n) is 5.13. The topological polar surface area (TPSA) is 94.6 Å². The summed E-state index contributed by atoms with van der Waals surface area (Å²) in [6, 6.07) is 21.6. The number of nitriles is 1. The van der Waals surface area contributed by atoms with Crippen molar-refractivity contribution in [3.05, 3.63) is 99.9 Å². The highest BCUT2D eigenvalue weighted by Crippen LogP contribution is 2.43. The Morgan fingerprint density at radius 2 is 1.78 bits per heavy atom. The molecular formula is C25H19ClN2O4. The molecule has 0 bridgehead atoms. The van der Waals surface area contributed by atoms with Gasteiger partial charge in [-0.2, -0.15) is 5.26 Å². The summed E-state index contributed by atoms with van der Waals surface area (Å²) >= 11 is 5.88. The van der Waals surface area contributed by atoms with Crippen molar-refractivity contribution in [2.75, 3.05) is 7.11 Å². The molecule has 1 atom stereocenters. The molecular weight excluding hydrogens is 428 g/mol. The molecule has 6 nitrogen and oxygen atoms in total. The number of carbonyl (C=O) groups excluding carboxylic acids is 1. The summed E-state index contributed by atoms with van der Waals surface area (Å²) in [7, 11) is 1.59. The SMILES string of the molecule is COc1ccc(C2C(C#N)=C(N)Oc3cc(OC(=O)Cc4ccc(Cl)cc4)ccc32)cc1. The normalized spacial score (nSPS) is 14.7. The number of methoxy groups -OCH3 is 1. The highest BCUT2D eigenvalue weighted by Gasteiger charge is 2.31. The molecule has 3 aromatic rings. The number of esters is 1. The molecule has 1 unspecified atom stereocenters. The van der Waals surface area contributed by atoms with Gasteiger partial charge < -0.3 is 19.9 Å². The Kier molecular flexibility index (Phi) is 6.02. The van der Waals surface area contributed by atoms with Crippen molar-refractivity contribution in [3.63, 3.8) is 0 Å². The standard InChI is InChI=1S/C25H19ClN2O4/c1-30-18-8-4-16(5-9-18)24-20-11-10-19(13-22(20)32-25(28)21(24)14-27)31-23(29)12-15-2-6-17(26)7-3-15/h2-11,13,24H,12,28H2,1H3. The molecule has 2 N–H and O–H groups in total. The largest absolute Gasteiger partial charge is 0.497 e. The molecule has 0 radical (unpaired) electrons. The van der Waals surface area contributed by atoms with Crippen LogP contribution in [0.5, 0.6) is 17.2 Å². The quantitative estimate of drug-likeness (QED) is 0.450. The number of rotatable bonds is 5. The lowest BCUT2D eigenvalue weighted by atomic mass is 9.83. The number of ether oxygens (including phenoxy) is 3. The summed E-state index contributed by atoms with van der Waals surface area (Å²) in [6.07, 6.45) is 0.101. The minimum absolute atomic E-state index is 0.0189. The van der Waals surface area contributed by atoms with Gasteiger partial charge in [-0.15, -0.1) is 0 Å². The number of hydrogen-bond acceptors (Lipinski definition) is 6. The number of nitrogens with zero attached hydrogens (tertiary/aromatic N) is 1. The molecule has 32 heavy (non-hydrogen) atoms. The molecule has 160 valence electrons. The van der Waals surface area contributed by atoms with Gasteiger partial charge in [-0.05, 0) is 41.5 Å². The maximum absolute atomic E-state index is 12.4. The first-order valence-electron chi connectivity index (χ1n) is 9.79. The van der Waals surface area contributed by atoms with E-state index in [-0.39, 0.29) is 12.3 Å². The van der Waals surface area contributed by atoms with Gasteiger partial charge in [-0.25, -0.2) is 0 Å². The van der Waals surface area contributed by atoms with E-state index in [0.717, 1.165) is 16.7 Å². The highest BCUT2D eigenvalue weighted by molar-refractivity contribution is 6.30. The van der Waals surface area contributed by atoms with Crippen LogP contribution in [0.4, 0.5) is 0 Å². The predicted molar refractivity (Wildman–Crippen MR) is 120 cm³/mol. The minimum Gasteiger partial charge on any atom is -0.497 e. The number of fused-ring (bicyclic) bond motifs is 1. The maximum Gasteiger partial charge on any atom is 0.315 e. The Balaban J connectivity index is 1.60. The molecule has 0 fully saturated rings. The molecule has 4 rings (SSSR count). The Hall–Kier alpha value is -3.95. The lowest BCUT2D eigenvalue weighted by Crippen LogP contribution is -2.21. The van der Waals surface area contributed by atoms with E-state index in [9.17, 15) is 10.1 Å². The molecule has 0 saturated heterocycles. The van der Waals surface area contributed by atoms with E-state index in [2.05, 4.69) is 6.07 Å². The van der Waals surface area contributed by atoms with E-state index in [4.69, 9.17) is 31.5 Å². The molecule has 1 aliphatic heterocycles. The molecule has 3 aromatic carbocycles. The van der Waals surface area contributed by atoms with Gasteiger partial charge in [0.25, 0.3) is 0 Å². The Bertz CT molecular complexity index is 1230. The third kappa shape index (κ3) is 4.39. The van der Waals surface area contributed by atoms with Crippen LogP contribution in [-0.2, 0) is 11.2 Å². The van der Waals surface area contributed by atoms with Gasteiger partial charge >= 0.3 is 5.97 Å². The van der Waals surface area contributed by atoms with Crippen molar-refractivity contribution in [1.29, 1.82) is 5.26 Å². The van der Waals surface area contributed by atoms with Crippen LogP contribution in [0.1, 0.15) is 22.6 Å². The van der Waals surface area contributed by atoms with Gasteiger partial charge in [0, 0.05) is 16.7 Å². The van der Waals surface area contributed by atoms with Gasteiger partial charge in [-0.3, -0.25) is 4.79 Å². The molecule has 1 aliphatic rings. The van der Waals surface area contributed by atoms with Crippen LogP contribution in [0.2, 0.25) is 5.02 Å². The van der Waals surface area contributed by atoms with Gasteiger partial charge in [0.05, 0.1) is 19.4 Å². The Morgan fingerprint density at radius 1 is 1.09 bits per heavy atom. The van der Waals surface area contributed by atoms with E-state index in [1.165, 1.54) is 0 Å². The Morgan fingerprint density at radius 3 is 2.44 bits per heavy atom. The number of carbonyl (C=O) groups is 1. The Labute approximate surface area is 190 Å². The first kappa shape index (κ1) is 21.3. The van der Waals surface area contributed by atoms with Crippen molar-refractivity contribution in [2.45, 2.75) is 12.3 Å². The average molecular weight is 447 g/mol. The van der Waals surface area contributed by atoms with Crippen molar-refractivity contribution in [3.8, 4) is 23.3 Å². The second kappa shape index (κ2) is 9.04. The summed E-state index contributed by atoms with van der Waals surface area (Å²) in [5.74, 6) is 0.651. The monoisotopic (exact) mass is 446 g/mol. The van der Waals surface area contributed by atoms with Crippen molar-refractivity contribution in [2.24, 2.45) is 5.73 Å². The first-order chi connectivity index (χ1) is 15.5. The summed E-state index contributed by atoms with van der Waals surface area (Å²) in [5.41, 5.74) is 8.76. The van der Waals surface area contributed by atoms with Crippen molar-refractivity contribution < 1.29 is 19.0 Å². The van der Waals surface area contributed by atoms with E-state index >= 15 is 0 Å². The van der Waals surface area contributed by atoms with Crippen LogP contribution in [0.15, 0.2) is 78.2 Å². The maximum atomic E-state index is 12.4. The average Bonchev–Trinajstić information content (AvgIpc) is 2.79. The number of allylic oxidation sites excluding steroid dienone is 1. The fourth-order valence-electron chi connectivity index (χ4n) is 3.57. The fraction of sp³-hybridized carbons (Fsp3) is 0.120. The molecule has 0 saturated carbocycles. The number of nitrogens with two attached hydrogens (primary N) is 1. The predicted octanol–water partition coefficient (Wildman–Crippen LogP) is 4.71. The van der Waals surface area contributed by atoms with Crippen LogP contribution in [0, 0.1) is 11.3 Å². The minimum atomic E-state index is -0.420. The lowest BCUT2D eigenvalue weighted by molar-refractivity contribution is -0.133. The van der Waals surface area contributed by atoms with Gasteiger partial charge in [0.15, 0.2) is 0 Å². The smallest absolute Gasteiger partial charge is 0.315 e. The zero-order valence-electron chi connectivity index (χ0n) is 17.2. The second-order valence-corrected chi connectivity index (χ2v) is 7.61. The van der Waals surface area contributed by atoms with Crippen LogP contribution >= 0.6 is 11.6 Å². The van der Waals surface area contributed by atoms with Crippen LogP contribution in [0.25, 0.3) is 0 Å². The number of halogens is 1. The molecule has 7 heteroatoms. The van der Waals surface area contributed by atoms with E-state index in [0.29, 0.717) is 27.8 Å². The molecule has 0 aliphatic carbocycles. The summed E-state index contributed by atoms with van der Waals surface area (Å²) < 4.78 is 16.4. The molecule has 1 heterocycles. The highest BCUT2D eigenvalue weighted by atomic mass is 35.5. The van der Waals surface area contributed by atoms with Crippen LogP contribution in [-0.4, -0.2) is 13.1 Å². The first-order valence-corrected chi connectivity index (χ1v) is 10.2. The van der Waals surface area contributed by atoms with Crippen molar-refractivity contribution in [1.82, 2.24) is 0 Å². The fourth-order valence-corrected chi connectivity index (χ4v) is 3.70. The van der Waals surface area contributed by atoms with E-state index in [1.54, 1.807) is 49.6 Å². The molecule has 0 aromatic heterocycles. The lowest BCUT2D eigenvalue weighted by Gasteiger charge is -2.26. The summed E-state index contributed by atoms with van der Waals surface area (Å²) in [6.45, 7) is 0. The second-order valence-electron chi connectivity index (χ2n) is 7.17. The van der Waals surface area contributed by atoms with Gasteiger partial charge in [0.2, 0.25) is 5.88 Å². The zero-order chi connectivity index (χ0) is 22.7. The number of benzene rings is 3. The van der Waals surface area contributed by atoms with E-state index < -0.39 is 11.9 Å². The third-order valence-corrected chi connectivity index (χ3v) is 5.39. The van der Waals surface area contributed by atoms with Gasteiger partial charge in [0.1, 0.15) is 28.9 Å². The van der Waals surface area contributed by atoms with Gasteiger partial charge in [-0.1, -0.05) is 41.9 Å². The summed E-state index contributed by atoms with van der Waals surface area (Å²) in [5, 5.41) is 10.3. The van der Waals surface area contributed by atoms with Crippen LogP contribution in [0.3, 0.4) is 0 Å². The zero-order valence-corrected chi connectivity index (χ0v) is 17.9. The van der Waals surface area contributed by atoms with Crippen LogP contribution < -0.4 is 19.9 Å². The number of hydrogen-bond donors (Lipinski definition) is 1. The summed E-state index contributed by atoms with van der Waals surface area (Å²) in [4.78, 5) is 12.4.